The lowest BCUT2D eigenvalue weighted by Gasteiger charge is -2.19. The Balaban J connectivity index is 4.31. The van der Waals surface area contributed by atoms with Crippen LogP contribution in [0.2, 0.25) is 0 Å². The van der Waals surface area contributed by atoms with Crippen molar-refractivity contribution in [2.45, 2.75) is 45.6 Å². The van der Waals surface area contributed by atoms with E-state index >= 15 is 0 Å². The van der Waals surface area contributed by atoms with Crippen LogP contribution in [-0.4, -0.2) is 20.8 Å². The van der Waals surface area contributed by atoms with Crippen LogP contribution >= 0.6 is 15.6 Å². The summed E-state index contributed by atoms with van der Waals surface area (Å²) in [5.74, 6) is 0. The molecule has 0 spiro atoms. The van der Waals surface area contributed by atoms with Gasteiger partial charge in [0, 0.05) is 0 Å². The maximum Gasteiger partial charge on any atom is 0.481 e. The molecule has 0 bridgehead atoms. The zero-order valence-corrected chi connectivity index (χ0v) is 11.1. The van der Waals surface area contributed by atoms with Crippen molar-refractivity contribution in [2.75, 3.05) is 0 Å². The first kappa shape index (κ1) is 16.3. The lowest BCUT2D eigenvalue weighted by atomic mass is 10.1. The number of unbranched alkanes of at least 4 members (excludes halogenated alkanes) is 1. The molecule has 0 rings (SSSR count). The fourth-order valence-corrected chi connectivity index (χ4v) is 2.97. The normalized spacial score (nSPS) is 18.1. The third kappa shape index (κ3) is 8.42. The first-order valence-electron chi connectivity index (χ1n) is 4.98. The standard InChI is InChI=1S/C7H18O7P2/c1-3-5-6-7(4-2)13-16(11,12)14-15(8,9)10/h7H,3-6H2,1-2H3,(H,11,12)(H2,8,9,10). The van der Waals surface area contributed by atoms with Gasteiger partial charge in [-0.15, -0.1) is 0 Å². The van der Waals surface area contributed by atoms with Crippen LogP contribution in [0.5, 0.6) is 0 Å². The summed E-state index contributed by atoms with van der Waals surface area (Å²) in [6.07, 6.45) is 2.17. The van der Waals surface area contributed by atoms with Crippen molar-refractivity contribution < 1.29 is 32.6 Å². The first-order chi connectivity index (χ1) is 7.20. The SMILES string of the molecule is CCCCC(CC)OP(=O)(O)OP(=O)(O)O. The van der Waals surface area contributed by atoms with Crippen LogP contribution < -0.4 is 0 Å². The van der Waals surface area contributed by atoms with Gasteiger partial charge in [0.15, 0.2) is 0 Å². The summed E-state index contributed by atoms with van der Waals surface area (Å²) < 4.78 is 29.9. The third-order valence-electron chi connectivity index (χ3n) is 1.83. The van der Waals surface area contributed by atoms with Crippen molar-refractivity contribution in [3.8, 4) is 0 Å². The molecule has 16 heavy (non-hydrogen) atoms. The Morgan fingerprint density at radius 1 is 1.19 bits per heavy atom. The molecule has 7 nitrogen and oxygen atoms in total. The monoisotopic (exact) mass is 276 g/mol. The van der Waals surface area contributed by atoms with E-state index in [1.54, 1.807) is 6.92 Å². The average Bonchev–Trinajstić information content (AvgIpc) is 2.07. The minimum absolute atomic E-state index is 0.467. The Bertz CT molecular complexity index is 286. The third-order valence-corrected chi connectivity index (χ3v) is 4.07. The van der Waals surface area contributed by atoms with E-state index in [4.69, 9.17) is 14.7 Å². The molecule has 0 aliphatic carbocycles. The van der Waals surface area contributed by atoms with Gasteiger partial charge in [-0.3, -0.25) is 4.52 Å². The lowest BCUT2D eigenvalue weighted by molar-refractivity contribution is 0.117. The largest absolute Gasteiger partial charge is 0.481 e. The molecule has 0 saturated carbocycles. The van der Waals surface area contributed by atoms with Crippen LogP contribution in [0.1, 0.15) is 39.5 Å². The number of phosphoric acid groups is 2. The van der Waals surface area contributed by atoms with E-state index in [1.165, 1.54) is 0 Å². The molecule has 2 atom stereocenters. The van der Waals surface area contributed by atoms with Crippen molar-refractivity contribution in [2.24, 2.45) is 0 Å². The second-order valence-corrected chi connectivity index (χ2v) is 6.10. The van der Waals surface area contributed by atoms with Crippen LogP contribution in [0.4, 0.5) is 0 Å². The average molecular weight is 276 g/mol. The minimum atomic E-state index is -5.02. The molecule has 2 unspecified atom stereocenters. The summed E-state index contributed by atoms with van der Waals surface area (Å²) in [5, 5.41) is 0. The van der Waals surface area contributed by atoms with E-state index < -0.39 is 21.7 Å². The van der Waals surface area contributed by atoms with Gasteiger partial charge in [0.05, 0.1) is 6.10 Å². The van der Waals surface area contributed by atoms with E-state index in [1.807, 2.05) is 6.92 Å². The number of hydrogen-bond acceptors (Lipinski definition) is 4. The Morgan fingerprint density at radius 3 is 2.12 bits per heavy atom. The second kappa shape index (κ2) is 6.87. The Morgan fingerprint density at radius 2 is 1.75 bits per heavy atom. The highest BCUT2D eigenvalue weighted by molar-refractivity contribution is 7.60. The Hall–Kier alpha value is 0.260. The topological polar surface area (TPSA) is 113 Å². The molecule has 0 amide bonds. The number of hydrogen-bond donors (Lipinski definition) is 3. The highest BCUT2D eigenvalue weighted by Gasteiger charge is 2.34. The van der Waals surface area contributed by atoms with Gasteiger partial charge in [0.2, 0.25) is 0 Å². The van der Waals surface area contributed by atoms with E-state index in [2.05, 4.69) is 8.83 Å². The maximum absolute atomic E-state index is 11.2. The summed E-state index contributed by atoms with van der Waals surface area (Å²) in [5.41, 5.74) is 0. The van der Waals surface area contributed by atoms with Gasteiger partial charge in [-0.05, 0) is 12.8 Å². The van der Waals surface area contributed by atoms with Crippen molar-refractivity contribution in [3.05, 3.63) is 0 Å². The fourth-order valence-electron chi connectivity index (χ4n) is 1.11. The highest BCUT2D eigenvalue weighted by atomic mass is 31.3. The summed E-state index contributed by atoms with van der Waals surface area (Å²) >= 11 is 0. The van der Waals surface area contributed by atoms with Gasteiger partial charge < -0.3 is 14.7 Å². The van der Waals surface area contributed by atoms with E-state index in [-0.39, 0.29) is 0 Å². The molecule has 0 aromatic rings. The van der Waals surface area contributed by atoms with Gasteiger partial charge in [-0.1, -0.05) is 26.7 Å². The van der Waals surface area contributed by atoms with Crippen LogP contribution in [0.25, 0.3) is 0 Å². The predicted octanol–water partition coefficient (Wildman–Crippen LogP) is 2.18. The molecule has 0 radical (unpaired) electrons. The molecule has 0 aliphatic rings. The quantitative estimate of drug-likeness (QED) is 0.582. The van der Waals surface area contributed by atoms with Crippen molar-refractivity contribution >= 4 is 15.6 Å². The van der Waals surface area contributed by atoms with Crippen molar-refractivity contribution in [1.29, 1.82) is 0 Å². The van der Waals surface area contributed by atoms with Crippen LogP contribution in [-0.2, 0) is 18.0 Å². The fraction of sp³-hybridized carbons (Fsp3) is 1.00. The van der Waals surface area contributed by atoms with Crippen LogP contribution in [0, 0.1) is 0 Å². The Kier molecular flexibility index (Phi) is 6.98. The molecule has 0 aromatic heterocycles. The van der Waals surface area contributed by atoms with Gasteiger partial charge in [-0.25, -0.2) is 9.13 Å². The zero-order valence-electron chi connectivity index (χ0n) is 9.27. The molecule has 98 valence electrons. The number of rotatable bonds is 8. The molecule has 3 N–H and O–H groups in total. The molecular weight excluding hydrogens is 258 g/mol. The lowest BCUT2D eigenvalue weighted by Crippen LogP contribution is -2.10. The van der Waals surface area contributed by atoms with E-state index in [0.29, 0.717) is 12.8 Å². The molecular formula is C7H18O7P2. The minimum Gasteiger partial charge on any atom is -0.302 e. The summed E-state index contributed by atoms with van der Waals surface area (Å²) in [4.78, 5) is 25.9. The molecule has 9 heteroatoms. The summed E-state index contributed by atoms with van der Waals surface area (Å²) in [6.45, 7) is 3.70. The first-order valence-corrected chi connectivity index (χ1v) is 8.01. The van der Waals surface area contributed by atoms with Gasteiger partial charge in [-0.2, -0.15) is 4.31 Å². The highest BCUT2D eigenvalue weighted by Crippen LogP contribution is 2.58. The molecule has 0 heterocycles. The van der Waals surface area contributed by atoms with Gasteiger partial charge >= 0.3 is 15.6 Å². The van der Waals surface area contributed by atoms with Crippen molar-refractivity contribution in [3.63, 3.8) is 0 Å². The van der Waals surface area contributed by atoms with E-state index in [0.717, 1.165) is 12.8 Å². The molecule has 0 aliphatic heterocycles. The van der Waals surface area contributed by atoms with Gasteiger partial charge in [0.25, 0.3) is 0 Å². The van der Waals surface area contributed by atoms with Crippen LogP contribution in [0.15, 0.2) is 0 Å². The summed E-state index contributed by atoms with van der Waals surface area (Å²) in [7, 11) is -9.71. The van der Waals surface area contributed by atoms with E-state index in [9.17, 15) is 9.13 Å². The predicted molar refractivity (Wildman–Crippen MR) is 57.6 cm³/mol. The smallest absolute Gasteiger partial charge is 0.302 e. The van der Waals surface area contributed by atoms with Crippen molar-refractivity contribution in [1.82, 2.24) is 0 Å². The second-order valence-electron chi connectivity index (χ2n) is 3.32. The van der Waals surface area contributed by atoms with Crippen LogP contribution in [0.3, 0.4) is 0 Å². The zero-order chi connectivity index (χ0) is 12.8. The number of phosphoric ester groups is 1. The summed E-state index contributed by atoms with van der Waals surface area (Å²) in [6, 6.07) is 0. The molecule has 0 saturated heterocycles. The van der Waals surface area contributed by atoms with Gasteiger partial charge in [0.1, 0.15) is 0 Å². The molecule has 0 aromatic carbocycles. The Labute approximate surface area is 94.6 Å². The molecule has 0 fully saturated rings. The maximum atomic E-state index is 11.2.